The van der Waals surface area contributed by atoms with Gasteiger partial charge >= 0.3 is 17.8 Å². The molecule has 0 aromatic heterocycles. The zero-order valence-corrected chi connectivity index (χ0v) is 19.5. The molecule has 0 saturated carbocycles. The van der Waals surface area contributed by atoms with E-state index in [2.05, 4.69) is 15.8 Å². The minimum absolute atomic E-state index is 0.137. The summed E-state index contributed by atoms with van der Waals surface area (Å²) in [4.78, 5) is 37.0. The largest absolute Gasteiger partial charge is 0.422 e. The lowest BCUT2D eigenvalue weighted by Crippen LogP contribution is -2.32. The first-order chi connectivity index (χ1) is 16.9. The molecule has 174 valence electrons. The number of carbonyl (C=O) groups excluding carboxylic acids is 3. The van der Waals surface area contributed by atoms with E-state index in [1.54, 1.807) is 42.5 Å². The third kappa shape index (κ3) is 5.84. The first-order valence-electron chi connectivity index (χ1n) is 10.3. The van der Waals surface area contributed by atoms with Gasteiger partial charge in [0.1, 0.15) is 5.75 Å². The molecule has 35 heavy (non-hydrogen) atoms. The van der Waals surface area contributed by atoms with Gasteiger partial charge in [-0.2, -0.15) is 5.10 Å². The number of amides is 2. The number of para-hydroxylation sites is 1. The summed E-state index contributed by atoms with van der Waals surface area (Å²) >= 11 is 12.0. The molecule has 0 aliphatic heterocycles. The Morgan fingerprint density at radius 2 is 1.57 bits per heavy atom. The average molecular weight is 506 g/mol. The van der Waals surface area contributed by atoms with Crippen molar-refractivity contribution >= 4 is 63.7 Å². The third-order valence-electron chi connectivity index (χ3n) is 4.88. The molecule has 2 amide bonds. The van der Waals surface area contributed by atoms with Gasteiger partial charge in [-0.05, 0) is 47.2 Å². The molecule has 0 bridgehead atoms. The van der Waals surface area contributed by atoms with Gasteiger partial charge in [0.2, 0.25) is 0 Å². The fourth-order valence-electron chi connectivity index (χ4n) is 3.22. The standard InChI is InChI=1S/C26H17Cl2N3O4/c27-17-11-12-20(22(28)14-17)26(34)35-23-13-10-16-6-4-5-9-19(16)21(23)15-29-31-25(33)24(32)30-18-7-2-1-3-8-18/h1-15H,(H,30,32)(H,31,33)/b29-15-. The summed E-state index contributed by atoms with van der Waals surface area (Å²) in [6.07, 6.45) is 1.31. The molecule has 4 rings (SSSR count). The van der Waals surface area contributed by atoms with Crippen LogP contribution in [-0.2, 0) is 9.59 Å². The molecule has 0 heterocycles. The van der Waals surface area contributed by atoms with Gasteiger partial charge in [-0.15, -0.1) is 0 Å². The fourth-order valence-corrected chi connectivity index (χ4v) is 3.71. The van der Waals surface area contributed by atoms with E-state index in [4.69, 9.17) is 27.9 Å². The van der Waals surface area contributed by atoms with E-state index in [-0.39, 0.29) is 16.3 Å². The number of benzene rings is 4. The number of anilines is 1. The van der Waals surface area contributed by atoms with Crippen LogP contribution >= 0.6 is 23.2 Å². The Labute approximate surface area is 210 Å². The van der Waals surface area contributed by atoms with E-state index < -0.39 is 17.8 Å². The topological polar surface area (TPSA) is 96.9 Å². The maximum absolute atomic E-state index is 12.8. The summed E-state index contributed by atoms with van der Waals surface area (Å²) in [5, 5.41) is 8.48. The second kappa shape index (κ2) is 10.8. The fraction of sp³-hybridized carbons (Fsp3) is 0. The number of fused-ring (bicyclic) bond motifs is 1. The van der Waals surface area contributed by atoms with Crippen LogP contribution in [0.1, 0.15) is 15.9 Å². The van der Waals surface area contributed by atoms with Crippen molar-refractivity contribution in [3.05, 3.63) is 106 Å². The van der Waals surface area contributed by atoms with E-state index in [0.717, 1.165) is 5.39 Å². The Balaban J connectivity index is 1.56. The van der Waals surface area contributed by atoms with Crippen molar-refractivity contribution < 1.29 is 19.1 Å². The smallest absolute Gasteiger partial charge is 0.345 e. The van der Waals surface area contributed by atoms with Crippen LogP contribution in [0, 0.1) is 0 Å². The molecule has 4 aromatic rings. The van der Waals surface area contributed by atoms with Crippen LogP contribution in [0.15, 0.2) is 90.0 Å². The van der Waals surface area contributed by atoms with Crippen LogP contribution in [0.4, 0.5) is 5.69 Å². The molecule has 9 heteroatoms. The SMILES string of the molecule is O=C(N/N=C\c1c(OC(=O)c2ccc(Cl)cc2Cl)ccc2ccccc12)C(=O)Nc1ccccc1. The zero-order valence-electron chi connectivity index (χ0n) is 18.0. The number of nitrogens with one attached hydrogen (secondary N) is 2. The number of hydrazone groups is 1. The normalized spacial score (nSPS) is 10.8. The van der Waals surface area contributed by atoms with Gasteiger partial charge in [0, 0.05) is 16.3 Å². The molecule has 0 saturated heterocycles. The average Bonchev–Trinajstić information content (AvgIpc) is 2.85. The van der Waals surface area contributed by atoms with Gasteiger partial charge in [0.05, 0.1) is 16.8 Å². The molecule has 7 nitrogen and oxygen atoms in total. The zero-order chi connectivity index (χ0) is 24.8. The van der Waals surface area contributed by atoms with Gasteiger partial charge in [-0.1, -0.05) is 71.7 Å². The highest BCUT2D eigenvalue weighted by Crippen LogP contribution is 2.29. The molecule has 2 N–H and O–H groups in total. The summed E-state index contributed by atoms with van der Waals surface area (Å²) in [7, 11) is 0. The summed E-state index contributed by atoms with van der Waals surface area (Å²) in [6, 6.07) is 23.7. The Morgan fingerprint density at radius 3 is 2.34 bits per heavy atom. The highest BCUT2D eigenvalue weighted by atomic mass is 35.5. The number of nitrogens with zero attached hydrogens (tertiary/aromatic N) is 1. The first-order valence-corrected chi connectivity index (χ1v) is 11.1. The number of halogens is 2. The Hall–Kier alpha value is -4.20. The van der Waals surface area contributed by atoms with E-state index in [1.807, 2.05) is 24.3 Å². The van der Waals surface area contributed by atoms with E-state index in [1.165, 1.54) is 24.4 Å². The second-order valence-electron chi connectivity index (χ2n) is 7.23. The molecule has 0 radical (unpaired) electrons. The summed E-state index contributed by atoms with van der Waals surface area (Å²) < 4.78 is 5.59. The van der Waals surface area contributed by atoms with E-state index in [0.29, 0.717) is 21.7 Å². The molecule has 0 aliphatic rings. The molecule has 0 aliphatic carbocycles. The number of rotatable bonds is 5. The van der Waals surface area contributed by atoms with Crippen LogP contribution in [0.25, 0.3) is 10.8 Å². The van der Waals surface area contributed by atoms with E-state index in [9.17, 15) is 14.4 Å². The number of hydrogen-bond donors (Lipinski definition) is 2. The quantitative estimate of drug-likeness (QED) is 0.124. The van der Waals surface area contributed by atoms with Crippen LogP contribution in [-0.4, -0.2) is 24.0 Å². The Kier molecular flexibility index (Phi) is 7.40. The summed E-state index contributed by atoms with van der Waals surface area (Å²) in [6.45, 7) is 0. The monoisotopic (exact) mass is 505 g/mol. The molecule has 0 fully saturated rings. The van der Waals surface area contributed by atoms with Gasteiger partial charge in [0.15, 0.2) is 0 Å². The lowest BCUT2D eigenvalue weighted by Gasteiger charge is -2.11. The first kappa shape index (κ1) is 23.9. The van der Waals surface area contributed by atoms with Gasteiger partial charge < -0.3 is 10.1 Å². The minimum atomic E-state index is -0.961. The highest BCUT2D eigenvalue weighted by Gasteiger charge is 2.17. The molecule has 0 unspecified atom stereocenters. The van der Waals surface area contributed by atoms with Crippen molar-refractivity contribution in [2.24, 2.45) is 5.10 Å². The molecular formula is C26H17Cl2N3O4. The molecule has 0 spiro atoms. The predicted molar refractivity (Wildman–Crippen MR) is 136 cm³/mol. The van der Waals surface area contributed by atoms with Crippen molar-refractivity contribution in [1.82, 2.24) is 5.43 Å². The van der Waals surface area contributed by atoms with Gasteiger partial charge in [-0.3, -0.25) is 9.59 Å². The van der Waals surface area contributed by atoms with Gasteiger partial charge in [-0.25, -0.2) is 10.2 Å². The summed E-state index contributed by atoms with van der Waals surface area (Å²) in [5.41, 5.74) is 3.22. The Bertz CT molecular complexity index is 1460. The minimum Gasteiger partial charge on any atom is -0.422 e. The van der Waals surface area contributed by atoms with Crippen molar-refractivity contribution in [3.8, 4) is 5.75 Å². The van der Waals surface area contributed by atoms with Crippen molar-refractivity contribution in [1.29, 1.82) is 0 Å². The van der Waals surface area contributed by atoms with Gasteiger partial charge in [0.25, 0.3) is 0 Å². The number of ether oxygens (including phenoxy) is 1. The van der Waals surface area contributed by atoms with Crippen LogP contribution in [0.2, 0.25) is 10.0 Å². The maximum Gasteiger partial charge on any atom is 0.345 e. The van der Waals surface area contributed by atoms with Crippen LogP contribution < -0.4 is 15.5 Å². The predicted octanol–water partition coefficient (Wildman–Crippen LogP) is 5.45. The Morgan fingerprint density at radius 1 is 0.829 bits per heavy atom. The van der Waals surface area contributed by atoms with Crippen molar-refractivity contribution in [2.75, 3.05) is 5.32 Å². The molecule has 4 aromatic carbocycles. The second-order valence-corrected chi connectivity index (χ2v) is 8.08. The van der Waals surface area contributed by atoms with Crippen LogP contribution in [0.5, 0.6) is 5.75 Å². The maximum atomic E-state index is 12.8. The van der Waals surface area contributed by atoms with E-state index >= 15 is 0 Å². The number of hydrogen-bond acceptors (Lipinski definition) is 5. The van der Waals surface area contributed by atoms with Crippen molar-refractivity contribution in [2.45, 2.75) is 0 Å². The number of esters is 1. The molecular weight excluding hydrogens is 489 g/mol. The highest BCUT2D eigenvalue weighted by molar-refractivity contribution is 6.39. The van der Waals surface area contributed by atoms with Crippen LogP contribution in [0.3, 0.4) is 0 Å². The lowest BCUT2D eigenvalue weighted by molar-refractivity contribution is -0.136. The van der Waals surface area contributed by atoms with Crippen molar-refractivity contribution in [3.63, 3.8) is 0 Å². The molecule has 0 atom stereocenters. The summed E-state index contributed by atoms with van der Waals surface area (Å²) in [5.74, 6) is -2.35. The third-order valence-corrected chi connectivity index (χ3v) is 5.43. The lowest BCUT2D eigenvalue weighted by atomic mass is 10.0. The number of carbonyl (C=O) groups is 3.